The van der Waals surface area contributed by atoms with E-state index in [1.54, 1.807) is 55.6 Å². The number of allylic oxidation sites excluding steroid dienone is 2. The number of hydrazine groups is 1. The van der Waals surface area contributed by atoms with Crippen molar-refractivity contribution in [1.29, 1.82) is 0 Å². The van der Waals surface area contributed by atoms with Gasteiger partial charge in [-0.25, -0.2) is 28.5 Å². The van der Waals surface area contributed by atoms with Crippen molar-refractivity contribution >= 4 is 28.5 Å². The first-order valence-electron chi connectivity index (χ1n) is 20.3. The minimum absolute atomic E-state index is 0.0261. The van der Waals surface area contributed by atoms with Crippen molar-refractivity contribution < 1.29 is 33.6 Å². The molecule has 1 saturated carbocycles. The highest BCUT2D eigenvalue weighted by atomic mass is 16.5. The van der Waals surface area contributed by atoms with Crippen molar-refractivity contribution in [2.45, 2.75) is 50.2 Å². The molecule has 2 aliphatic heterocycles. The smallest absolute Gasteiger partial charge is 0.347 e. The van der Waals surface area contributed by atoms with Crippen LogP contribution in [0, 0.1) is 12.8 Å². The summed E-state index contributed by atoms with van der Waals surface area (Å²) in [6.07, 6.45) is 1.76. The molecular formula is C46H45N7O10. The Kier molecular flexibility index (Phi) is 9.99. The molecule has 0 bridgehead atoms. The molecule has 9 rings (SSSR count). The van der Waals surface area contributed by atoms with Gasteiger partial charge in [-0.15, -0.1) is 0 Å². The minimum Gasteiger partial charge on any atom is -0.502 e. The number of carbonyl (C=O) groups excluding carboxylic acids is 2. The lowest BCUT2D eigenvalue weighted by atomic mass is 9.53. The number of carbonyl (C=O) groups is 2. The summed E-state index contributed by atoms with van der Waals surface area (Å²) in [4.78, 5) is 77.7. The fourth-order valence-electron chi connectivity index (χ4n) is 9.79. The van der Waals surface area contributed by atoms with Gasteiger partial charge < -0.3 is 28.6 Å². The van der Waals surface area contributed by atoms with Crippen LogP contribution in [-0.4, -0.2) is 73.9 Å². The van der Waals surface area contributed by atoms with Crippen LogP contribution in [0.3, 0.4) is 0 Å². The molecule has 63 heavy (non-hydrogen) atoms. The maximum absolute atomic E-state index is 15.5. The maximum atomic E-state index is 15.5. The minimum atomic E-state index is -1.59. The predicted molar refractivity (Wildman–Crippen MR) is 231 cm³/mol. The van der Waals surface area contributed by atoms with E-state index in [-0.39, 0.29) is 48.9 Å². The molecule has 17 nitrogen and oxygen atoms in total. The van der Waals surface area contributed by atoms with E-state index < -0.39 is 52.0 Å². The number of methoxy groups -OCH3 is 4. The molecule has 0 spiro atoms. The molecule has 2 N–H and O–H groups in total. The van der Waals surface area contributed by atoms with Gasteiger partial charge in [0, 0.05) is 38.1 Å². The number of anilines is 1. The molecule has 3 aliphatic rings. The van der Waals surface area contributed by atoms with Gasteiger partial charge in [0.1, 0.15) is 5.69 Å². The number of aromatic nitrogens is 5. The Morgan fingerprint density at radius 1 is 0.825 bits per heavy atom. The van der Waals surface area contributed by atoms with Crippen molar-refractivity contribution in [1.82, 2.24) is 28.5 Å². The maximum Gasteiger partial charge on any atom is 0.347 e. The van der Waals surface area contributed by atoms with Crippen molar-refractivity contribution in [3.8, 4) is 28.7 Å². The first kappa shape index (κ1) is 40.8. The molecule has 324 valence electrons. The van der Waals surface area contributed by atoms with Gasteiger partial charge in [0.05, 0.1) is 69.1 Å². The molecule has 6 aromatic rings. The number of aryl methyl sites for hydroxylation is 3. The summed E-state index contributed by atoms with van der Waals surface area (Å²) in [5.41, 5.74) is 4.06. The lowest BCUT2D eigenvalue weighted by Gasteiger charge is -2.49. The lowest BCUT2D eigenvalue weighted by Crippen LogP contribution is -2.53. The second-order valence-corrected chi connectivity index (χ2v) is 15.9. The summed E-state index contributed by atoms with van der Waals surface area (Å²) >= 11 is 0. The van der Waals surface area contributed by atoms with E-state index in [4.69, 9.17) is 18.9 Å². The van der Waals surface area contributed by atoms with E-state index in [9.17, 15) is 19.5 Å². The van der Waals surface area contributed by atoms with Gasteiger partial charge in [-0.3, -0.25) is 19.8 Å². The van der Waals surface area contributed by atoms with Gasteiger partial charge in [-0.1, -0.05) is 54.1 Å². The molecule has 0 radical (unpaired) electrons. The van der Waals surface area contributed by atoms with E-state index >= 15 is 9.59 Å². The number of nitrogens with one attached hydrogen (secondary N) is 1. The average molecular weight is 856 g/mol. The highest BCUT2D eigenvalue weighted by Gasteiger charge is 2.69. The van der Waals surface area contributed by atoms with Gasteiger partial charge in [-0.2, -0.15) is 5.01 Å². The second-order valence-electron chi connectivity index (χ2n) is 15.9. The van der Waals surface area contributed by atoms with Crippen molar-refractivity contribution in [2.75, 3.05) is 33.9 Å². The first-order chi connectivity index (χ1) is 30.4. The van der Waals surface area contributed by atoms with Crippen LogP contribution < -0.4 is 41.3 Å². The SMILES string of the molecule is COc1cc2nc(CCn3c(=O)n4n(c3=O)C3CC5C(=O)N(Nc6ccc(C)cc6)C(=O)C5(c5ccccc5)C(c5cc(OC)c(O)c(OC)c5)C3=CC4)c(=O)n(C)c2cc1OC. The number of rotatable bonds is 11. The third-order valence-corrected chi connectivity index (χ3v) is 12.8. The third-order valence-electron chi connectivity index (χ3n) is 12.8. The molecule has 4 unspecified atom stereocenters. The van der Waals surface area contributed by atoms with Crippen LogP contribution in [0.25, 0.3) is 11.0 Å². The Morgan fingerprint density at radius 2 is 1.48 bits per heavy atom. The topological polar surface area (TPSA) is 190 Å². The van der Waals surface area contributed by atoms with Gasteiger partial charge in [-0.05, 0) is 54.3 Å². The van der Waals surface area contributed by atoms with Crippen LogP contribution in [0.1, 0.15) is 40.8 Å². The van der Waals surface area contributed by atoms with Crippen LogP contribution in [-0.2, 0) is 41.6 Å². The number of phenols is 1. The fraction of sp³-hybridized carbons (Fsp3) is 0.304. The van der Waals surface area contributed by atoms with E-state index in [0.717, 1.165) is 15.1 Å². The molecule has 2 fully saturated rings. The van der Waals surface area contributed by atoms with Gasteiger partial charge >= 0.3 is 11.4 Å². The summed E-state index contributed by atoms with van der Waals surface area (Å²) in [5, 5.41) is 12.1. The van der Waals surface area contributed by atoms with Crippen LogP contribution >= 0.6 is 0 Å². The van der Waals surface area contributed by atoms with E-state index in [0.29, 0.717) is 44.9 Å². The number of fused-ring (bicyclic) bond motifs is 5. The van der Waals surface area contributed by atoms with Crippen LogP contribution in [0.2, 0.25) is 0 Å². The van der Waals surface area contributed by atoms with E-state index in [2.05, 4.69) is 10.4 Å². The molecule has 2 aromatic heterocycles. The molecule has 1 aliphatic carbocycles. The summed E-state index contributed by atoms with van der Waals surface area (Å²) < 4.78 is 27.3. The summed E-state index contributed by atoms with van der Waals surface area (Å²) in [6.45, 7) is 1.71. The zero-order chi connectivity index (χ0) is 44.5. The van der Waals surface area contributed by atoms with Crippen molar-refractivity contribution in [3.63, 3.8) is 0 Å². The predicted octanol–water partition coefficient (Wildman–Crippen LogP) is 3.97. The number of nitrogens with zero attached hydrogens (tertiary/aromatic N) is 6. The number of phenolic OH excluding ortho intramolecular Hbond substituents is 1. The number of ether oxygens (including phenoxy) is 4. The largest absolute Gasteiger partial charge is 0.502 e. The normalized spacial score (nSPS) is 20.2. The zero-order valence-electron chi connectivity index (χ0n) is 35.4. The molecule has 17 heteroatoms. The second kappa shape index (κ2) is 15.4. The molecular weight excluding hydrogens is 811 g/mol. The van der Waals surface area contributed by atoms with Crippen molar-refractivity contribution in [3.05, 3.63) is 144 Å². The third kappa shape index (κ3) is 6.12. The van der Waals surface area contributed by atoms with E-state index in [1.165, 1.54) is 42.4 Å². The highest BCUT2D eigenvalue weighted by molar-refractivity contribution is 6.12. The van der Waals surface area contributed by atoms with Crippen molar-refractivity contribution in [2.24, 2.45) is 13.0 Å². The zero-order valence-corrected chi connectivity index (χ0v) is 35.4. The Labute approximate surface area is 359 Å². The summed E-state index contributed by atoms with van der Waals surface area (Å²) in [7, 11) is 7.39. The molecule has 4 atom stereocenters. The molecule has 4 aromatic carbocycles. The number of hydrogen-bond donors (Lipinski definition) is 2. The highest BCUT2D eigenvalue weighted by Crippen LogP contribution is 2.62. The Balaban J connectivity index is 1.19. The standard InChI is InChI=1S/C46H45N7O10/c1-25-12-14-28(15-13-25)48-52-41(55)30-22-33-29(39(26-20-37(62-5)40(54)38(21-26)63-6)46(30,43(52)57)27-10-8-7-9-11-27)16-19-51-44(58)50(45(59)53(33)51)18-17-31-42(56)49(2)34-24-36(61-4)35(60-3)23-32(34)47-31/h7-16,20-21,23-24,30,33,39,48,54H,17-19,22H2,1-6H3. The Hall–Kier alpha value is -7.56. The monoisotopic (exact) mass is 855 g/mol. The molecule has 4 heterocycles. The average Bonchev–Trinajstić information content (AvgIpc) is 3.67. The lowest BCUT2D eigenvalue weighted by molar-refractivity contribution is -0.138. The van der Waals surface area contributed by atoms with Crippen LogP contribution in [0.4, 0.5) is 5.69 Å². The van der Waals surface area contributed by atoms with Crippen LogP contribution in [0.15, 0.2) is 105 Å². The Bertz CT molecular complexity index is 3030. The molecule has 2 amide bonds. The first-order valence-corrected chi connectivity index (χ1v) is 20.3. The van der Waals surface area contributed by atoms with E-state index in [1.807, 2.05) is 43.3 Å². The fourth-order valence-corrected chi connectivity index (χ4v) is 9.79. The number of imide groups is 1. The van der Waals surface area contributed by atoms with Gasteiger partial charge in [0.2, 0.25) is 5.75 Å². The number of hydrogen-bond acceptors (Lipinski definition) is 12. The number of benzene rings is 4. The van der Waals surface area contributed by atoms with Crippen LogP contribution in [0.5, 0.6) is 28.7 Å². The van der Waals surface area contributed by atoms with Gasteiger partial charge in [0.15, 0.2) is 23.0 Å². The number of amides is 2. The molecule has 1 saturated heterocycles. The number of aromatic hydroxyl groups is 1. The Morgan fingerprint density at radius 3 is 2.13 bits per heavy atom. The summed E-state index contributed by atoms with van der Waals surface area (Å²) in [6, 6.07) is 22.0. The summed E-state index contributed by atoms with van der Waals surface area (Å²) in [5.74, 6) is -2.34. The quantitative estimate of drug-likeness (QED) is 0.141. The van der Waals surface area contributed by atoms with Gasteiger partial charge in [0.25, 0.3) is 17.4 Å².